The standard InChI is InChI=1S/C19H20ClNO4/c20-14-7-9-15(10-8-14)23-11-3-6-19(22)21-12-16-13-24-17-4-1-2-5-18(17)25-16/h1-2,4-5,7-10,16H,3,6,11-13H2,(H,21,22). The van der Waals surface area contributed by atoms with Crippen molar-refractivity contribution >= 4 is 17.5 Å². The van der Waals surface area contributed by atoms with Crippen LogP contribution in [-0.2, 0) is 4.79 Å². The molecule has 1 heterocycles. The monoisotopic (exact) mass is 361 g/mol. The fourth-order valence-electron chi connectivity index (χ4n) is 2.43. The second-order valence-corrected chi connectivity index (χ2v) is 6.14. The molecule has 0 aliphatic carbocycles. The van der Waals surface area contributed by atoms with E-state index in [1.54, 1.807) is 24.3 Å². The van der Waals surface area contributed by atoms with E-state index in [0.717, 1.165) is 11.5 Å². The lowest BCUT2D eigenvalue weighted by Crippen LogP contribution is -2.40. The Morgan fingerprint density at radius 1 is 1.16 bits per heavy atom. The van der Waals surface area contributed by atoms with Crippen LogP contribution in [0.2, 0.25) is 5.02 Å². The maximum atomic E-state index is 11.9. The van der Waals surface area contributed by atoms with E-state index in [2.05, 4.69) is 5.32 Å². The van der Waals surface area contributed by atoms with Crippen LogP contribution >= 0.6 is 11.6 Å². The largest absolute Gasteiger partial charge is 0.494 e. The van der Waals surface area contributed by atoms with Gasteiger partial charge in [0.15, 0.2) is 11.5 Å². The Bertz CT molecular complexity index is 705. The van der Waals surface area contributed by atoms with Gasteiger partial charge in [-0.1, -0.05) is 23.7 Å². The van der Waals surface area contributed by atoms with Crippen molar-refractivity contribution in [2.75, 3.05) is 19.8 Å². The second-order valence-electron chi connectivity index (χ2n) is 5.71. The maximum absolute atomic E-state index is 11.9. The number of carbonyl (C=O) groups excluding carboxylic acids is 1. The zero-order chi connectivity index (χ0) is 17.5. The van der Waals surface area contributed by atoms with E-state index in [9.17, 15) is 4.79 Å². The number of rotatable bonds is 7. The molecule has 25 heavy (non-hydrogen) atoms. The number of amides is 1. The summed E-state index contributed by atoms with van der Waals surface area (Å²) in [6, 6.07) is 14.7. The van der Waals surface area contributed by atoms with Crippen LogP contribution in [0, 0.1) is 0 Å². The van der Waals surface area contributed by atoms with Crippen LogP contribution in [0.4, 0.5) is 0 Å². The molecule has 1 atom stereocenters. The molecular weight excluding hydrogens is 342 g/mol. The first-order chi connectivity index (χ1) is 12.2. The number of carbonyl (C=O) groups is 1. The molecule has 132 valence electrons. The van der Waals surface area contributed by atoms with E-state index in [0.29, 0.717) is 43.4 Å². The van der Waals surface area contributed by atoms with Crippen molar-refractivity contribution in [2.45, 2.75) is 18.9 Å². The highest BCUT2D eigenvalue weighted by molar-refractivity contribution is 6.30. The number of hydrogen-bond donors (Lipinski definition) is 1. The molecule has 1 aliphatic heterocycles. The van der Waals surface area contributed by atoms with Crippen molar-refractivity contribution in [1.29, 1.82) is 0 Å². The Hall–Kier alpha value is -2.40. The molecule has 2 aromatic rings. The molecule has 0 fully saturated rings. The predicted molar refractivity (Wildman–Crippen MR) is 95.5 cm³/mol. The fourth-order valence-corrected chi connectivity index (χ4v) is 2.56. The van der Waals surface area contributed by atoms with E-state index < -0.39 is 0 Å². The van der Waals surface area contributed by atoms with E-state index in [1.807, 2.05) is 24.3 Å². The smallest absolute Gasteiger partial charge is 0.220 e. The molecule has 2 aromatic carbocycles. The van der Waals surface area contributed by atoms with Crippen molar-refractivity contribution in [3.8, 4) is 17.2 Å². The van der Waals surface area contributed by atoms with Gasteiger partial charge in [0, 0.05) is 11.4 Å². The highest BCUT2D eigenvalue weighted by Gasteiger charge is 2.20. The Labute approximate surface area is 151 Å². The van der Waals surface area contributed by atoms with E-state index in [-0.39, 0.29) is 12.0 Å². The normalized spacial score (nSPS) is 15.5. The molecule has 0 bridgehead atoms. The number of benzene rings is 2. The van der Waals surface area contributed by atoms with Crippen molar-refractivity contribution in [1.82, 2.24) is 5.32 Å². The van der Waals surface area contributed by atoms with E-state index >= 15 is 0 Å². The average Bonchev–Trinajstić information content (AvgIpc) is 2.65. The summed E-state index contributed by atoms with van der Waals surface area (Å²) in [5.41, 5.74) is 0. The van der Waals surface area contributed by atoms with E-state index in [1.165, 1.54) is 0 Å². The summed E-state index contributed by atoms with van der Waals surface area (Å²) in [6.45, 7) is 1.33. The summed E-state index contributed by atoms with van der Waals surface area (Å²) < 4.78 is 17.0. The minimum absolute atomic E-state index is 0.0258. The Kier molecular flexibility index (Phi) is 6.01. The number of para-hydroxylation sites is 2. The molecule has 0 saturated carbocycles. The summed E-state index contributed by atoms with van der Waals surface area (Å²) in [5.74, 6) is 2.17. The molecular formula is C19H20ClNO4. The molecule has 1 unspecified atom stereocenters. The number of nitrogens with one attached hydrogen (secondary N) is 1. The SMILES string of the molecule is O=C(CCCOc1ccc(Cl)cc1)NCC1COc2ccccc2O1. The second kappa shape index (κ2) is 8.62. The first-order valence-electron chi connectivity index (χ1n) is 8.24. The van der Waals surface area contributed by atoms with Gasteiger partial charge in [0.2, 0.25) is 5.91 Å². The number of halogens is 1. The number of ether oxygens (including phenoxy) is 3. The third-order valence-corrected chi connectivity index (χ3v) is 3.98. The third-order valence-electron chi connectivity index (χ3n) is 3.72. The van der Waals surface area contributed by atoms with Gasteiger partial charge in [-0.2, -0.15) is 0 Å². The lowest BCUT2D eigenvalue weighted by atomic mass is 10.2. The first kappa shape index (κ1) is 17.4. The van der Waals surface area contributed by atoms with Crippen LogP contribution in [0.3, 0.4) is 0 Å². The number of hydrogen-bond acceptors (Lipinski definition) is 4. The van der Waals surface area contributed by atoms with Crippen LogP contribution in [0.25, 0.3) is 0 Å². The maximum Gasteiger partial charge on any atom is 0.220 e. The van der Waals surface area contributed by atoms with Crippen LogP contribution in [0.5, 0.6) is 17.2 Å². The minimum Gasteiger partial charge on any atom is -0.494 e. The summed E-state index contributed by atoms with van der Waals surface area (Å²) in [4.78, 5) is 11.9. The topological polar surface area (TPSA) is 56.8 Å². The summed E-state index contributed by atoms with van der Waals surface area (Å²) in [7, 11) is 0. The summed E-state index contributed by atoms with van der Waals surface area (Å²) >= 11 is 5.81. The van der Waals surface area contributed by atoms with Gasteiger partial charge in [0.05, 0.1) is 13.2 Å². The Morgan fingerprint density at radius 2 is 1.92 bits per heavy atom. The Morgan fingerprint density at radius 3 is 2.72 bits per heavy atom. The highest BCUT2D eigenvalue weighted by Crippen LogP contribution is 2.30. The van der Waals surface area contributed by atoms with Gasteiger partial charge < -0.3 is 19.5 Å². The fraction of sp³-hybridized carbons (Fsp3) is 0.316. The van der Waals surface area contributed by atoms with Gasteiger partial charge >= 0.3 is 0 Å². The van der Waals surface area contributed by atoms with Gasteiger partial charge in [-0.25, -0.2) is 0 Å². The van der Waals surface area contributed by atoms with Crippen LogP contribution in [-0.4, -0.2) is 31.8 Å². The third kappa shape index (κ3) is 5.29. The lowest BCUT2D eigenvalue weighted by molar-refractivity contribution is -0.121. The average molecular weight is 362 g/mol. The molecule has 0 radical (unpaired) electrons. The molecule has 5 nitrogen and oxygen atoms in total. The van der Waals surface area contributed by atoms with Crippen molar-refractivity contribution in [3.63, 3.8) is 0 Å². The van der Waals surface area contributed by atoms with Crippen molar-refractivity contribution in [3.05, 3.63) is 53.6 Å². The van der Waals surface area contributed by atoms with E-state index in [4.69, 9.17) is 25.8 Å². The molecule has 1 N–H and O–H groups in total. The molecule has 1 amide bonds. The first-order valence-corrected chi connectivity index (χ1v) is 8.62. The molecule has 6 heteroatoms. The van der Waals surface area contributed by atoms with Crippen molar-refractivity contribution < 1.29 is 19.0 Å². The van der Waals surface area contributed by atoms with Crippen LogP contribution in [0.15, 0.2) is 48.5 Å². The minimum atomic E-state index is -0.177. The van der Waals surface area contributed by atoms with Gasteiger partial charge in [-0.15, -0.1) is 0 Å². The molecule has 3 rings (SSSR count). The van der Waals surface area contributed by atoms with Gasteiger partial charge in [0.25, 0.3) is 0 Å². The number of fused-ring (bicyclic) bond motifs is 1. The van der Waals surface area contributed by atoms with Crippen LogP contribution < -0.4 is 19.5 Å². The predicted octanol–water partition coefficient (Wildman–Crippen LogP) is 3.46. The zero-order valence-corrected chi connectivity index (χ0v) is 14.5. The van der Waals surface area contributed by atoms with Gasteiger partial charge in [0.1, 0.15) is 18.5 Å². The zero-order valence-electron chi connectivity index (χ0n) is 13.7. The molecule has 1 aliphatic rings. The molecule has 0 saturated heterocycles. The summed E-state index contributed by atoms with van der Waals surface area (Å²) in [5, 5.41) is 3.54. The van der Waals surface area contributed by atoms with Gasteiger partial charge in [-0.05, 0) is 42.8 Å². The van der Waals surface area contributed by atoms with Crippen LogP contribution in [0.1, 0.15) is 12.8 Å². The van der Waals surface area contributed by atoms with Gasteiger partial charge in [-0.3, -0.25) is 4.79 Å². The quantitative estimate of drug-likeness (QED) is 0.767. The Balaban J connectivity index is 1.31. The summed E-state index contributed by atoms with van der Waals surface area (Å²) in [6.07, 6.45) is 0.862. The molecule has 0 aromatic heterocycles. The lowest BCUT2D eigenvalue weighted by Gasteiger charge is -2.26. The highest BCUT2D eigenvalue weighted by atomic mass is 35.5. The van der Waals surface area contributed by atoms with Crippen molar-refractivity contribution in [2.24, 2.45) is 0 Å². The molecule has 0 spiro atoms.